The van der Waals surface area contributed by atoms with Crippen molar-refractivity contribution in [2.24, 2.45) is 5.84 Å². The maximum atomic E-state index is 13.6. The van der Waals surface area contributed by atoms with E-state index < -0.39 is 33.5 Å². The Labute approximate surface area is 208 Å². The van der Waals surface area contributed by atoms with Gasteiger partial charge in [-0.15, -0.1) is 0 Å². The molecule has 1 heterocycles. The number of sulfonamides is 1. The molecule has 0 atom stereocenters. The standard InChI is InChI=1S/C24H32FN5O5S/c1-28(26)20-7-5-3-4-6-17(20)15-30-22(31)19-14-18(36(33,34)27-24(16-25)10-11-24)8-9-21(19)29(23(30)32)12-13-35-2/h4,6,8-9,14,27H,3,5,7,10-13,15-16,26H2,1-2H3. The number of nitrogens with one attached hydrogen (secondary N) is 1. The molecule has 1 saturated carbocycles. The van der Waals surface area contributed by atoms with E-state index in [2.05, 4.69) is 4.72 Å². The average Bonchev–Trinajstić information content (AvgIpc) is 3.65. The SMILES string of the molecule is COCCn1c(=O)n(CC2=C(N(C)N)CCCC=C2)c(=O)c2cc(S(=O)(=O)NC3(CF)CC3)ccc21. The van der Waals surface area contributed by atoms with Crippen LogP contribution in [0.4, 0.5) is 4.39 Å². The molecule has 1 aromatic carbocycles. The number of halogens is 1. The van der Waals surface area contributed by atoms with Crippen LogP contribution in [-0.4, -0.2) is 55.5 Å². The number of aromatic nitrogens is 2. The third kappa shape index (κ3) is 5.17. The van der Waals surface area contributed by atoms with Crippen LogP contribution in [0.15, 0.2) is 56.1 Å². The molecule has 36 heavy (non-hydrogen) atoms. The topological polar surface area (TPSA) is 129 Å². The van der Waals surface area contributed by atoms with Gasteiger partial charge in [-0.2, -0.15) is 0 Å². The molecule has 0 radical (unpaired) electrons. The molecule has 0 amide bonds. The summed E-state index contributed by atoms with van der Waals surface area (Å²) in [5.41, 5.74) is -0.369. The van der Waals surface area contributed by atoms with Gasteiger partial charge >= 0.3 is 5.69 Å². The predicted molar refractivity (Wildman–Crippen MR) is 135 cm³/mol. The number of hydrogen-bond acceptors (Lipinski definition) is 7. The summed E-state index contributed by atoms with van der Waals surface area (Å²) >= 11 is 0. The minimum atomic E-state index is -4.07. The predicted octanol–water partition coefficient (Wildman–Crippen LogP) is 1.39. The van der Waals surface area contributed by atoms with Gasteiger partial charge in [0, 0.05) is 19.9 Å². The second-order valence-corrected chi connectivity index (χ2v) is 11.1. The number of nitrogens with two attached hydrogens (primary N) is 1. The van der Waals surface area contributed by atoms with Gasteiger partial charge in [-0.05, 0) is 55.9 Å². The van der Waals surface area contributed by atoms with Crippen LogP contribution >= 0.6 is 0 Å². The van der Waals surface area contributed by atoms with Gasteiger partial charge in [0.05, 0.1) is 41.0 Å². The fraction of sp³-hybridized carbons (Fsp3) is 0.500. The monoisotopic (exact) mass is 521 g/mol. The molecule has 1 fully saturated rings. The summed E-state index contributed by atoms with van der Waals surface area (Å²) in [6, 6.07) is 4.01. The van der Waals surface area contributed by atoms with Crippen molar-refractivity contribution in [1.82, 2.24) is 18.9 Å². The van der Waals surface area contributed by atoms with Crippen molar-refractivity contribution in [3.8, 4) is 0 Å². The third-order valence-electron chi connectivity index (χ3n) is 6.71. The average molecular weight is 522 g/mol. The van der Waals surface area contributed by atoms with Gasteiger partial charge in [0.25, 0.3) is 5.56 Å². The van der Waals surface area contributed by atoms with Gasteiger partial charge in [-0.25, -0.2) is 28.2 Å². The summed E-state index contributed by atoms with van der Waals surface area (Å²) in [7, 11) is -0.861. The van der Waals surface area contributed by atoms with Gasteiger partial charge in [0.15, 0.2) is 0 Å². The number of rotatable bonds is 10. The van der Waals surface area contributed by atoms with Crippen molar-refractivity contribution in [3.05, 3.63) is 62.5 Å². The van der Waals surface area contributed by atoms with Gasteiger partial charge < -0.3 is 9.75 Å². The summed E-state index contributed by atoms with van der Waals surface area (Å²) in [6.07, 6.45) is 7.12. The van der Waals surface area contributed by atoms with E-state index in [1.165, 1.54) is 34.9 Å². The number of benzene rings is 1. The highest BCUT2D eigenvalue weighted by atomic mass is 32.2. The molecule has 0 bridgehead atoms. The van der Waals surface area contributed by atoms with E-state index >= 15 is 0 Å². The summed E-state index contributed by atoms with van der Waals surface area (Å²) in [6.45, 7) is -0.439. The number of nitrogens with zero attached hydrogens (tertiary/aromatic N) is 3. The molecule has 196 valence electrons. The number of hydrazine groups is 1. The van der Waals surface area contributed by atoms with Crippen LogP contribution in [0.3, 0.4) is 0 Å². The van der Waals surface area contributed by atoms with E-state index in [-0.39, 0.29) is 30.0 Å². The number of methoxy groups -OCH3 is 1. The lowest BCUT2D eigenvalue weighted by Crippen LogP contribution is -2.42. The minimum Gasteiger partial charge on any atom is -0.383 e. The third-order valence-corrected chi connectivity index (χ3v) is 8.29. The van der Waals surface area contributed by atoms with Crippen molar-refractivity contribution in [2.75, 3.05) is 27.4 Å². The maximum Gasteiger partial charge on any atom is 0.331 e. The molecule has 3 N–H and O–H groups in total. The van der Waals surface area contributed by atoms with Crippen LogP contribution < -0.4 is 21.8 Å². The zero-order valence-corrected chi connectivity index (χ0v) is 21.3. The van der Waals surface area contributed by atoms with Gasteiger partial charge in [-0.3, -0.25) is 13.9 Å². The molecule has 10 nitrogen and oxygen atoms in total. The fourth-order valence-corrected chi connectivity index (χ4v) is 5.92. The van der Waals surface area contributed by atoms with Crippen LogP contribution in [0, 0.1) is 0 Å². The van der Waals surface area contributed by atoms with Crippen LogP contribution in [0.25, 0.3) is 10.9 Å². The molecule has 0 unspecified atom stereocenters. The van der Waals surface area contributed by atoms with Crippen molar-refractivity contribution < 1.29 is 17.5 Å². The smallest absolute Gasteiger partial charge is 0.331 e. The molecule has 1 aromatic heterocycles. The van der Waals surface area contributed by atoms with Crippen LogP contribution in [0.1, 0.15) is 32.1 Å². The molecule has 0 spiro atoms. The number of hydrogen-bond donors (Lipinski definition) is 2. The Hall–Kier alpha value is -2.80. The van der Waals surface area contributed by atoms with Crippen molar-refractivity contribution in [1.29, 1.82) is 0 Å². The minimum absolute atomic E-state index is 0.0197. The quantitative estimate of drug-likeness (QED) is 0.357. The number of fused-ring (bicyclic) bond motifs is 1. The Kier molecular flexibility index (Phi) is 7.51. The highest BCUT2D eigenvalue weighted by molar-refractivity contribution is 7.89. The number of allylic oxidation sites excluding steroid dienone is 4. The Bertz CT molecular complexity index is 1440. The van der Waals surface area contributed by atoms with Crippen molar-refractivity contribution in [3.63, 3.8) is 0 Å². The molecule has 4 rings (SSSR count). The van der Waals surface area contributed by atoms with E-state index in [0.717, 1.165) is 28.7 Å². The molecular formula is C24H32FN5O5S. The largest absolute Gasteiger partial charge is 0.383 e. The number of ether oxygens (including phenoxy) is 1. The summed E-state index contributed by atoms with van der Waals surface area (Å²) in [5.74, 6) is 6.03. The van der Waals surface area contributed by atoms with Crippen molar-refractivity contribution in [2.45, 2.75) is 55.6 Å². The second-order valence-electron chi connectivity index (χ2n) is 9.39. The second kappa shape index (κ2) is 10.3. The zero-order chi connectivity index (χ0) is 26.1. The molecule has 2 aromatic rings. The highest BCUT2D eigenvalue weighted by Crippen LogP contribution is 2.37. The summed E-state index contributed by atoms with van der Waals surface area (Å²) in [5, 5.41) is 1.56. The molecule has 2 aliphatic carbocycles. The lowest BCUT2D eigenvalue weighted by atomic mass is 10.1. The van der Waals surface area contributed by atoms with Gasteiger partial charge in [-0.1, -0.05) is 12.2 Å². The van der Waals surface area contributed by atoms with Crippen LogP contribution in [-0.2, 0) is 27.8 Å². The normalized spacial score (nSPS) is 17.4. The zero-order valence-electron chi connectivity index (χ0n) is 20.5. The van der Waals surface area contributed by atoms with Crippen molar-refractivity contribution >= 4 is 20.9 Å². The molecular weight excluding hydrogens is 489 g/mol. The Morgan fingerprint density at radius 2 is 2.00 bits per heavy atom. The first-order valence-corrected chi connectivity index (χ1v) is 13.3. The van der Waals surface area contributed by atoms with Crippen LogP contribution in [0.2, 0.25) is 0 Å². The highest BCUT2D eigenvalue weighted by Gasteiger charge is 2.46. The van der Waals surface area contributed by atoms with Gasteiger partial charge in [0.1, 0.15) is 6.67 Å². The summed E-state index contributed by atoms with van der Waals surface area (Å²) < 4.78 is 49.4. The lowest BCUT2D eigenvalue weighted by molar-refractivity contribution is 0.186. The van der Waals surface area contributed by atoms with Gasteiger partial charge in [0.2, 0.25) is 10.0 Å². The Balaban J connectivity index is 1.88. The molecule has 12 heteroatoms. The first-order valence-electron chi connectivity index (χ1n) is 11.9. The van der Waals surface area contributed by atoms with E-state index in [1.54, 1.807) is 7.05 Å². The van der Waals surface area contributed by atoms with E-state index in [9.17, 15) is 22.4 Å². The Morgan fingerprint density at radius 1 is 1.25 bits per heavy atom. The molecule has 2 aliphatic rings. The number of alkyl halides is 1. The lowest BCUT2D eigenvalue weighted by Gasteiger charge is -2.21. The summed E-state index contributed by atoms with van der Waals surface area (Å²) in [4.78, 5) is 26.9. The van der Waals surface area contributed by atoms with E-state index in [1.807, 2.05) is 12.2 Å². The molecule has 0 saturated heterocycles. The first kappa shape index (κ1) is 26.3. The molecule has 0 aliphatic heterocycles. The maximum absolute atomic E-state index is 13.6. The van der Waals surface area contributed by atoms with E-state index in [4.69, 9.17) is 10.6 Å². The van der Waals surface area contributed by atoms with E-state index in [0.29, 0.717) is 24.8 Å². The fourth-order valence-electron chi connectivity index (χ4n) is 4.45. The first-order chi connectivity index (χ1) is 17.1. The Morgan fingerprint density at radius 3 is 2.64 bits per heavy atom. The van der Waals surface area contributed by atoms with Crippen LogP contribution in [0.5, 0.6) is 0 Å².